The van der Waals surface area contributed by atoms with Gasteiger partial charge in [0.25, 0.3) is 0 Å². The van der Waals surface area contributed by atoms with Crippen LogP contribution in [0.15, 0.2) is 121 Å². The molecule has 2 heterocycles. The first-order chi connectivity index (χ1) is 32.3. The summed E-state index contributed by atoms with van der Waals surface area (Å²) in [7, 11) is 3.32. The summed E-state index contributed by atoms with van der Waals surface area (Å²) >= 11 is 0. The Labute approximate surface area is 385 Å². The summed E-state index contributed by atoms with van der Waals surface area (Å²) in [6.45, 7) is 1.10. The Morgan fingerprint density at radius 3 is 1.18 bits per heavy atom. The fourth-order valence-electron chi connectivity index (χ4n) is 7.56. The lowest BCUT2D eigenvalue weighted by Gasteiger charge is -2.08. The number of carboxylic acids is 2. The molecule has 0 spiro atoms. The normalized spacial score (nSPS) is 11.2. The Kier molecular flexibility index (Phi) is 17.1. The molecule has 6 aromatic carbocycles. The van der Waals surface area contributed by atoms with Gasteiger partial charge in [0, 0.05) is 47.3 Å². The Balaban J connectivity index is 0.000000199. The lowest BCUT2D eigenvalue weighted by Crippen LogP contribution is -2.21. The van der Waals surface area contributed by atoms with E-state index in [2.05, 4.69) is 142 Å². The number of halogens is 6. The lowest BCUT2D eigenvalue weighted by atomic mass is 9.96. The highest BCUT2D eigenvalue weighted by Crippen LogP contribution is 2.35. The monoisotopic (exact) mass is 942 g/mol. The minimum absolute atomic E-state index is 0.00546. The van der Waals surface area contributed by atoms with Gasteiger partial charge in [-0.25, -0.2) is 9.59 Å². The quantitative estimate of drug-likeness (QED) is 0.0619. The summed E-state index contributed by atoms with van der Waals surface area (Å²) in [5.41, 5.74) is 22.7. The summed E-state index contributed by atoms with van der Waals surface area (Å²) < 4.78 is 63.5. The summed E-state index contributed by atoms with van der Waals surface area (Å²) in [6.07, 6.45) is -8.01. The number of H-pyrrole nitrogens is 2. The number of nitrogens with one attached hydrogen (secondary N) is 4. The van der Waals surface area contributed by atoms with Gasteiger partial charge in [0.15, 0.2) is 0 Å². The largest absolute Gasteiger partial charge is 0.490 e. The van der Waals surface area contributed by atoms with Gasteiger partial charge in [-0.15, -0.1) is 0 Å². The Hall–Kier alpha value is -7.70. The van der Waals surface area contributed by atoms with Crippen molar-refractivity contribution in [2.24, 2.45) is 11.5 Å². The molecule has 2 amide bonds. The number of rotatable bonds is 10. The van der Waals surface area contributed by atoms with Crippen molar-refractivity contribution in [2.75, 3.05) is 27.2 Å². The van der Waals surface area contributed by atoms with Gasteiger partial charge in [-0.1, -0.05) is 97.1 Å². The van der Waals surface area contributed by atoms with Crippen LogP contribution >= 0.6 is 0 Å². The summed E-state index contributed by atoms with van der Waals surface area (Å²) in [5.74, 6) is -5.52. The molecule has 0 aliphatic rings. The van der Waals surface area contributed by atoms with Crippen molar-refractivity contribution in [3.8, 4) is 22.3 Å². The molecule has 18 heteroatoms. The van der Waals surface area contributed by atoms with Crippen molar-refractivity contribution in [3.63, 3.8) is 0 Å². The predicted octanol–water partition coefficient (Wildman–Crippen LogP) is 8.82. The van der Waals surface area contributed by atoms with E-state index in [1.165, 1.54) is 43.8 Å². The van der Waals surface area contributed by atoms with Gasteiger partial charge in [0.1, 0.15) is 0 Å². The van der Waals surface area contributed by atoms with E-state index in [0.29, 0.717) is 25.9 Å². The molecular weight excluding hydrogens is 895 g/mol. The number of carbonyl (C=O) groups excluding carboxylic acids is 2. The number of aromatic amines is 2. The molecule has 0 saturated carbocycles. The van der Waals surface area contributed by atoms with Crippen molar-refractivity contribution < 1.29 is 55.7 Å². The van der Waals surface area contributed by atoms with Crippen molar-refractivity contribution in [2.45, 2.75) is 38.0 Å². The highest BCUT2D eigenvalue weighted by molar-refractivity contribution is 6.01. The third kappa shape index (κ3) is 12.8. The second-order valence-corrected chi connectivity index (χ2v) is 15.1. The highest BCUT2D eigenvalue weighted by atomic mass is 19.4. The van der Waals surface area contributed by atoms with E-state index in [-0.39, 0.29) is 11.8 Å². The maximum absolute atomic E-state index is 11.9. The van der Waals surface area contributed by atoms with Crippen LogP contribution in [0.2, 0.25) is 0 Å². The van der Waals surface area contributed by atoms with E-state index in [1.807, 2.05) is 0 Å². The van der Waals surface area contributed by atoms with E-state index in [9.17, 15) is 35.9 Å². The number of aliphatic carboxylic acids is 2. The van der Waals surface area contributed by atoms with Gasteiger partial charge in [-0.3, -0.25) is 9.59 Å². The van der Waals surface area contributed by atoms with Crippen LogP contribution in [-0.4, -0.2) is 83.5 Å². The van der Waals surface area contributed by atoms with Gasteiger partial charge >= 0.3 is 24.3 Å². The zero-order valence-corrected chi connectivity index (χ0v) is 36.7. The van der Waals surface area contributed by atoms with Crippen LogP contribution < -0.4 is 22.1 Å². The molecule has 0 bridgehead atoms. The molecule has 2 aromatic heterocycles. The molecular formula is C50H48F6N6O6. The zero-order valence-electron chi connectivity index (χ0n) is 36.7. The number of fused-ring (bicyclic) bond motifs is 4. The van der Waals surface area contributed by atoms with Gasteiger partial charge in [-0.2, -0.15) is 26.3 Å². The maximum atomic E-state index is 11.9. The van der Waals surface area contributed by atoms with E-state index in [4.69, 9.17) is 31.3 Å². The fourth-order valence-corrected chi connectivity index (χ4v) is 7.56. The molecule has 8 rings (SSSR count). The van der Waals surface area contributed by atoms with Crippen molar-refractivity contribution in [3.05, 3.63) is 144 Å². The predicted molar refractivity (Wildman–Crippen MR) is 251 cm³/mol. The molecule has 0 unspecified atom stereocenters. The molecule has 0 saturated heterocycles. The van der Waals surface area contributed by atoms with Crippen LogP contribution in [0.1, 0.15) is 22.5 Å². The Morgan fingerprint density at radius 2 is 0.853 bits per heavy atom. The van der Waals surface area contributed by atoms with E-state index >= 15 is 0 Å². The minimum Gasteiger partial charge on any atom is -0.475 e. The number of likely N-dealkylation sites (N-methyl/N-ethyl adjacent to an activating group) is 2. The third-order valence-corrected chi connectivity index (χ3v) is 10.7. The van der Waals surface area contributed by atoms with Crippen molar-refractivity contribution in [1.29, 1.82) is 0 Å². The number of carboxylic acid groups (broad SMARTS) is 2. The average Bonchev–Trinajstić information content (AvgIpc) is 3.83. The van der Waals surface area contributed by atoms with Gasteiger partial charge in [-0.05, 0) is 105 Å². The Morgan fingerprint density at radius 1 is 0.515 bits per heavy atom. The van der Waals surface area contributed by atoms with Crippen molar-refractivity contribution in [1.82, 2.24) is 20.6 Å². The smallest absolute Gasteiger partial charge is 0.475 e. The number of benzene rings is 6. The number of alkyl halides is 6. The zero-order chi connectivity index (χ0) is 49.8. The molecule has 8 aromatic rings. The summed E-state index contributed by atoms with van der Waals surface area (Å²) in [5, 5.41) is 26.9. The van der Waals surface area contributed by atoms with Crippen LogP contribution in [0.25, 0.3) is 65.6 Å². The average molecular weight is 943 g/mol. The topological polar surface area (TPSA) is 216 Å². The van der Waals surface area contributed by atoms with Crippen LogP contribution in [0.3, 0.4) is 0 Å². The fraction of sp³-hybridized carbons (Fsp3) is 0.200. The molecule has 0 radical (unpaired) electrons. The summed E-state index contributed by atoms with van der Waals surface area (Å²) in [6, 6.07) is 42.5. The second kappa shape index (κ2) is 22.7. The number of aromatic nitrogens is 2. The Bertz CT molecular complexity index is 2850. The standard InChI is InChI=1S/2C23H23N3O.2C2HF3O2/c2*1-25-23(27)14-22-19(11-12-24)20-13-16(9-10-21(20)26-22)18-8-4-6-15-5-2-3-7-17(15)18;2*3-2(4,5)1(6)7/h2*2-10,13,26H,11-12,14,24H2,1H3,(H,25,27);2*(H,6,7). The molecule has 68 heavy (non-hydrogen) atoms. The third-order valence-electron chi connectivity index (χ3n) is 10.7. The summed E-state index contributed by atoms with van der Waals surface area (Å²) in [4.78, 5) is 48.4. The maximum Gasteiger partial charge on any atom is 0.490 e. The van der Waals surface area contributed by atoms with E-state index in [0.717, 1.165) is 57.2 Å². The number of amides is 2. The molecule has 10 N–H and O–H groups in total. The first kappa shape index (κ1) is 51.3. The van der Waals surface area contributed by atoms with Gasteiger partial charge in [0.05, 0.1) is 12.8 Å². The van der Waals surface area contributed by atoms with Gasteiger partial charge < -0.3 is 42.3 Å². The lowest BCUT2D eigenvalue weighted by molar-refractivity contribution is -0.193. The molecule has 356 valence electrons. The number of nitrogens with two attached hydrogens (primary N) is 2. The molecule has 0 aliphatic carbocycles. The van der Waals surface area contributed by atoms with Crippen LogP contribution in [0.4, 0.5) is 26.3 Å². The van der Waals surface area contributed by atoms with Crippen LogP contribution in [-0.2, 0) is 44.9 Å². The first-order valence-electron chi connectivity index (χ1n) is 21.0. The molecule has 0 aliphatic heterocycles. The minimum atomic E-state index is -5.08. The first-order valence-corrected chi connectivity index (χ1v) is 21.0. The van der Waals surface area contributed by atoms with E-state index < -0.39 is 24.3 Å². The van der Waals surface area contributed by atoms with Crippen LogP contribution in [0, 0.1) is 0 Å². The second-order valence-electron chi connectivity index (χ2n) is 15.1. The van der Waals surface area contributed by atoms with E-state index in [1.54, 1.807) is 14.1 Å². The SMILES string of the molecule is CNC(=O)Cc1[nH]c2ccc(-c3cccc4ccccc34)cc2c1CCN.CNC(=O)Cc1[nH]c2ccc(-c3cccc4ccccc34)cc2c1CCN.O=C(O)C(F)(F)F.O=C(O)C(F)(F)F. The molecule has 0 atom stereocenters. The number of carbonyl (C=O) groups is 4. The molecule has 0 fully saturated rings. The van der Waals surface area contributed by atoms with Crippen LogP contribution in [0.5, 0.6) is 0 Å². The number of hydrogen-bond donors (Lipinski definition) is 8. The highest BCUT2D eigenvalue weighted by Gasteiger charge is 2.39. The van der Waals surface area contributed by atoms with Crippen molar-refractivity contribution >= 4 is 67.1 Å². The van der Waals surface area contributed by atoms with Gasteiger partial charge in [0.2, 0.25) is 11.8 Å². The number of hydrogen-bond acceptors (Lipinski definition) is 6. The molecule has 12 nitrogen and oxygen atoms in total.